The van der Waals surface area contributed by atoms with Gasteiger partial charge in [-0.15, -0.1) is 0 Å². The van der Waals surface area contributed by atoms with Gasteiger partial charge in [-0.3, -0.25) is 19.2 Å². The number of ketones is 1. The van der Waals surface area contributed by atoms with Gasteiger partial charge in [0.15, 0.2) is 17.5 Å². The van der Waals surface area contributed by atoms with Crippen molar-refractivity contribution in [3.05, 3.63) is 11.1 Å². The summed E-state index contributed by atoms with van der Waals surface area (Å²) in [5.74, 6) is -4.74. The predicted octanol–water partition coefficient (Wildman–Crippen LogP) is 0.801. The molecular formula is C21H26O9. The average molecular weight is 422 g/mol. The highest BCUT2D eigenvalue weighted by molar-refractivity contribution is 6.00. The summed E-state index contributed by atoms with van der Waals surface area (Å²) < 4.78 is 16.5. The van der Waals surface area contributed by atoms with E-state index in [1.54, 1.807) is 13.8 Å². The Balaban J connectivity index is 2.21. The van der Waals surface area contributed by atoms with Gasteiger partial charge in [0, 0.05) is 32.1 Å². The molecule has 9 heteroatoms. The van der Waals surface area contributed by atoms with Crippen LogP contribution in [0.2, 0.25) is 0 Å². The molecule has 0 aromatic rings. The second-order valence-electron chi connectivity index (χ2n) is 8.42. The van der Waals surface area contributed by atoms with Crippen molar-refractivity contribution in [2.75, 3.05) is 0 Å². The van der Waals surface area contributed by atoms with Crippen LogP contribution in [0.25, 0.3) is 0 Å². The SMILES string of the molecule is CCCC(=O)O[C@H]1C[C@](C)(OC(C)=O)C2CC(=O)C(C)=C2C2OC(=O)C(C=O)[C@]21O. The van der Waals surface area contributed by atoms with E-state index in [1.807, 2.05) is 0 Å². The Morgan fingerprint density at radius 2 is 2.00 bits per heavy atom. The molecule has 6 atom stereocenters. The lowest BCUT2D eigenvalue weighted by Crippen LogP contribution is -2.56. The predicted molar refractivity (Wildman–Crippen MR) is 99.8 cm³/mol. The summed E-state index contributed by atoms with van der Waals surface area (Å²) in [6, 6.07) is 0. The van der Waals surface area contributed by atoms with Crippen LogP contribution in [0.15, 0.2) is 11.1 Å². The third-order valence-electron chi connectivity index (χ3n) is 6.39. The maximum atomic E-state index is 12.5. The van der Waals surface area contributed by atoms with Crippen LogP contribution < -0.4 is 0 Å². The number of ether oxygens (including phenoxy) is 3. The fraction of sp³-hybridized carbons (Fsp3) is 0.667. The number of Topliss-reactive ketones (excluding diaryl/α,β-unsaturated/α-hetero) is 1. The number of carbonyl (C=O) groups excluding carboxylic acids is 5. The minimum absolute atomic E-state index is 0.0174. The molecular weight excluding hydrogens is 396 g/mol. The molecule has 2 aliphatic carbocycles. The number of carbonyl (C=O) groups is 5. The highest BCUT2D eigenvalue weighted by atomic mass is 16.6. The zero-order valence-electron chi connectivity index (χ0n) is 17.4. The Bertz CT molecular complexity index is 843. The van der Waals surface area contributed by atoms with Crippen LogP contribution in [-0.4, -0.2) is 58.5 Å². The van der Waals surface area contributed by atoms with Gasteiger partial charge in [-0.1, -0.05) is 6.92 Å². The zero-order chi connectivity index (χ0) is 22.4. The molecule has 164 valence electrons. The molecule has 1 N–H and O–H groups in total. The van der Waals surface area contributed by atoms with E-state index in [-0.39, 0.29) is 36.9 Å². The molecule has 9 nitrogen and oxygen atoms in total. The standard InChI is InChI=1S/C21H26O9/c1-5-6-16(25)28-15-8-20(4,30-11(3)23)12-7-14(24)10(2)17(12)18-21(15,27)13(9-22)19(26)29-18/h9,12-13,15,18,27H,5-8H2,1-4H3/t12?,13?,15-,18?,20-,21+/m0/s1. The van der Waals surface area contributed by atoms with Gasteiger partial charge in [-0.05, 0) is 31.4 Å². The fourth-order valence-electron chi connectivity index (χ4n) is 4.95. The molecule has 1 aliphatic heterocycles. The van der Waals surface area contributed by atoms with Gasteiger partial charge >= 0.3 is 17.9 Å². The van der Waals surface area contributed by atoms with E-state index in [4.69, 9.17) is 14.2 Å². The highest BCUT2D eigenvalue weighted by Gasteiger charge is 2.69. The summed E-state index contributed by atoms with van der Waals surface area (Å²) in [5, 5.41) is 11.7. The number of hydrogen-bond donors (Lipinski definition) is 1. The molecule has 3 rings (SSSR count). The first-order valence-corrected chi connectivity index (χ1v) is 10.0. The minimum Gasteiger partial charge on any atom is -0.459 e. The van der Waals surface area contributed by atoms with Gasteiger partial charge in [0.05, 0.1) is 0 Å². The van der Waals surface area contributed by atoms with Crippen molar-refractivity contribution in [3.8, 4) is 0 Å². The second-order valence-corrected chi connectivity index (χ2v) is 8.42. The summed E-state index contributed by atoms with van der Waals surface area (Å²) in [6.45, 7) is 6.12. The lowest BCUT2D eigenvalue weighted by atomic mass is 9.78. The number of aldehydes is 1. The normalized spacial score (nSPS) is 37.8. The molecule has 0 aromatic heterocycles. The molecule has 30 heavy (non-hydrogen) atoms. The largest absolute Gasteiger partial charge is 0.459 e. The fourth-order valence-corrected chi connectivity index (χ4v) is 4.95. The summed E-state index contributed by atoms with van der Waals surface area (Å²) in [4.78, 5) is 60.9. The minimum atomic E-state index is -2.22. The van der Waals surface area contributed by atoms with Gasteiger partial charge in [-0.2, -0.15) is 0 Å². The van der Waals surface area contributed by atoms with Crippen molar-refractivity contribution >= 4 is 30.0 Å². The summed E-state index contributed by atoms with van der Waals surface area (Å²) in [7, 11) is 0. The Morgan fingerprint density at radius 3 is 2.57 bits per heavy atom. The smallest absolute Gasteiger partial charge is 0.320 e. The van der Waals surface area contributed by atoms with Crippen LogP contribution in [0.1, 0.15) is 53.4 Å². The van der Waals surface area contributed by atoms with Gasteiger partial charge in [-0.25, -0.2) is 0 Å². The molecule has 0 amide bonds. The van der Waals surface area contributed by atoms with E-state index in [0.717, 1.165) is 0 Å². The third kappa shape index (κ3) is 3.25. The monoisotopic (exact) mass is 422 g/mol. The van der Waals surface area contributed by atoms with Crippen molar-refractivity contribution in [1.29, 1.82) is 0 Å². The lowest BCUT2D eigenvalue weighted by Gasteiger charge is -2.38. The van der Waals surface area contributed by atoms with Crippen LogP contribution in [0.3, 0.4) is 0 Å². The Hall–Kier alpha value is -2.55. The van der Waals surface area contributed by atoms with Crippen LogP contribution in [-0.2, 0) is 38.2 Å². The van der Waals surface area contributed by atoms with Crippen molar-refractivity contribution < 1.29 is 43.3 Å². The van der Waals surface area contributed by atoms with E-state index in [2.05, 4.69) is 0 Å². The molecule has 0 bridgehead atoms. The molecule has 1 heterocycles. The quantitative estimate of drug-likeness (QED) is 0.295. The molecule has 1 saturated heterocycles. The number of rotatable bonds is 5. The first kappa shape index (κ1) is 22.1. The van der Waals surface area contributed by atoms with Crippen LogP contribution in [0.4, 0.5) is 0 Å². The number of fused-ring (bicyclic) bond motifs is 3. The Kier molecular flexibility index (Phi) is 5.62. The number of esters is 3. The van der Waals surface area contributed by atoms with Crippen LogP contribution in [0, 0.1) is 11.8 Å². The van der Waals surface area contributed by atoms with E-state index in [1.165, 1.54) is 13.8 Å². The second kappa shape index (κ2) is 7.61. The molecule has 0 radical (unpaired) electrons. The van der Waals surface area contributed by atoms with Crippen molar-refractivity contribution in [1.82, 2.24) is 0 Å². The van der Waals surface area contributed by atoms with Gasteiger partial charge in [0.25, 0.3) is 0 Å². The van der Waals surface area contributed by atoms with Crippen LogP contribution in [0.5, 0.6) is 0 Å². The topological polar surface area (TPSA) is 133 Å². The zero-order valence-corrected chi connectivity index (χ0v) is 17.4. The summed E-state index contributed by atoms with van der Waals surface area (Å²) in [6.07, 6.45) is -2.14. The molecule has 2 fully saturated rings. The first-order valence-electron chi connectivity index (χ1n) is 10.0. The van der Waals surface area contributed by atoms with Crippen LogP contribution >= 0.6 is 0 Å². The van der Waals surface area contributed by atoms with Gasteiger partial charge in [0.2, 0.25) is 0 Å². The number of allylic oxidation sites excluding steroid dienone is 1. The maximum absolute atomic E-state index is 12.5. The summed E-state index contributed by atoms with van der Waals surface area (Å²) in [5.41, 5.74) is -2.97. The van der Waals surface area contributed by atoms with Crippen molar-refractivity contribution in [2.24, 2.45) is 11.8 Å². The molecule has 1 saturated carbocycles. The lowest BCUT2D eigenvalue weighted by molar-refractivity contribution is -0.187. The molecule has 0 aromatic carbocycles. The van der Waals surface area contributed by atoms with Gasteiger partial charge in [0.1, 0.15) is 23.9 Å². The molecule has 0 spiro atoms. The average Bonchev–Trinajstić information content (AvgIpc) is 3.05. The Morgan fingerprint density at radius 1 is 1.33 bits per heavy atom. The van der Waals surface area contributed by atoms with E-state index >= 15 is 0 Å². The van der Waals surface area contributed by atoms with E-state index in [0.29, 0.717) is 12.0 Å². The van der Waals surface area contributed by atoms with Crippen molar-refractivity contribution in [2.45, 2.75) is 76.8 Å². The number of hydrogen-bond acceptors (Lipinski definition) is 9. The highest BCUT2D eigenvalue weighted by Crippen LogP contribution is 2.54. The third-order valence-corrected chi connectivity index (χ3v) is 6.39. The van der Waals surface area contributed by atoms with Gasteiger partial charge < -0.3 is 24.1 Å². The molecule has 3 aliphatic rings. The van der Waals surface area contributed by atoms with E-state index < -0.39 is 53.2 Å². The Labute approximate surface area is 173 Å². The maximum Gasteiger partial charge on any atom is 0.320 e. The first-order chi connectivity index (χ1) is 14.0. The summed E-state index contributed by atoms with van der Waals surface area (Å²) >= 11 is 0. The van der Waals surface area contributed by atoms with E-state index in [9.17, 15) is 29.1 Å². The molecule has 3 unspecified atom stereocenters. The van der Waals surface area contributed by atoms with Crippen molar-refractivity contribution in [3.63, 3.8) is 0 Å². The number of aliphatic hydroxyl groups is 1.